The van der Waals surface area contributed by atoms with Gasteiger partial charge >= 0.3 is 0 Å². The number of nitrogens with zero attached hydrogens (tertiary/aromatic N) is 3. The molecule has 0 radical (unpaired) electrons. The van der Waals surface area contributed by atoms with E-state index in [1.54, 1.807) is 13.3 Å². The number of aromatic nitrogens is 2. The summed E-state index contributed by atoms with van der Waals surface area (Å²) >= 11 is 3.37. The summed E-state index contributed by atoms with van der Waals surface area (Å²) in [5.41, 5.74) is 0. The van der Waals surface area contributed by atoms with E-state index in [-0.39, 0.29) is 0 Å². The van der Waals surface area contributed by atoms with Gasteiger partial charge in [-0.2, -0.15) is 4.98 Å². The molecule has 0 amide bonds. The van der Waals surface area contributed by atoms with Gasteiger partial charge in [0, 0.05) is 13.1 Å². The molecule has 1 aromatic rings. The molecule has 2 heterocycles. The summed E-state index contributed by atoms with van der Waals surface area (Å²) in [6.07, 6.45) is 2.95. The highest BCUT2D eigenvalue weighted by atomic mass is 79.9. The van der Waals surface area contributed by atoms with Crippen molar-refractivity contribution in [2.24, 2.45) is 11.8 Å². The summed E-state index contributed by atoms with van der Waals surface area (Å²) in [4.78, 5) is 11.0. The zero-order valence-corrected chi connectivity index (χ0v) is 12.1. The molecular weight excluding hydrogens is 282 g/mol. The largest absolute Gasteiger partial charge is 0.480 e. The topological polar surface area (TPSA) is 38.2 Å². The summed E-state index contributed by atoms with van der Waals surface area (Å²) in [5.74, 6) is 2.83. The second-order valence-electron chi connectivity index (χ2n) is 4.72. The quantitative estimate of drug-likeness (QED) is 0.842. The van der Waals surface area contributed by atoms with E-state index in [0.29, 0.717) is 11.8 Å². The standard InChI is InChI=1S/C12H18BrN3O/c1-8-4-5-16(7-9(8)2)12-14-6-10(13)11(15-12)17-3/h6,8-9H,4-5,7H2,1-3H3. The number of ether oxygens (including phenoxy) is 1. The molecule has 5 heteroatoms. The minimum atomic E-state index is 0.598. The van der Waals surface area contributed by atoms with Gasteiger partial charge in [0.1, 0.15) is 0 Å². The van der Waals surface area contributed by atoms with E-state index >= 15 is 0 Å². The van der Waals surface area contributed by atoms with E-state index in [1.807, 2.05) is 0 Å². The number of anilines is 1. The molecule has 2 unspecified atom stereocenters. The van der Waals surface area contributed by atoms with Crippen molar-refractivity contribution in [3.63, 3.8) is 0 Å². The second-order valence-corrected chi connectivity index (χ2v) is 5.57. The summed E-state index contributed by atoms with van der Waals surface area (Å²) in [6.45, 7) is 6.64. The zero-order valence-electron chi connectivity index (χ0n) is 10.5. The lowest BCUT2D eigenvalue weighted by Gasteiger charge is -2.35. The molecule has 4 nitrogen and oxygen atoms in total. The van der Waals surface area contributed by atoms with Gasteiger partial charge in [0.2, 0.25) is 11.8 Å². The first-order chi connectivity index (χ1) is 8.11. The fourth-order valence-electron chi connectivity index (χ4n) is 2.08. The monoisotopic (exact) mass is 299 g/mol. The van der Waals surface area contributed by atoms with Crippen molar-refractivity contribution in [1.82, 2.24) is 9.97 Å². The normalized spacial score (nSPS) is 24.8. The van der Waals surface area contributed by atoms with Crippen LogP contribution in [0.4, 0.5) is 5.95 Å². The van der Waals surface area contributed by atoms with Crippen molar-refractivity contribution in [3.05, 3.63) is 10.7 Å². The first kappa shape index (κ1) is 12.6. The molecule has 1 saturated heterocycles. The number of rotatable bonds is 2. The van der Waals surface area contributed by atoms with Gasteiger partial charge in [-0.3, -0.25) is 0 Å². The van der Waals surface area contributed by atoms with Crippen molar-refractivity contribution in [3.8, 4) is 5.88 Å². The van der Waals surface area contributed by atoms with Crippen molar-refractivity contribution in [2.75, 3.05) is 25.1 Å². The molecule has 0 N–H and O–H groups in total. The van der Waals surface area contributed by atoms with E-state index in [9.17, 15) is 0 Å². The van der Waals surface area contributed by atoms with E-state index < -0.39 is 0 Å². The number of methoxy groups -OCH3 is 1. The fourth-order valence-corrected chi connectivity index (χ4v) is 2.44. The Labute approximate surface area is 111 Å². The van der Waals surface area contributed by atoms with Gasteiger partial charge in [-0.25, -0.2) is 4.98 Å². The molecule has 17 heavy (non-hydrogen) atoms. The smallest absolute Gasteiger partial charge is 0.232 e. The highest BCUT2D eigenvalue weighted by Crippen LogP contribution is 2.28. The predicted octanol–water partition coefficient (Wildman–Crippen LogP) is 2.73. The van der Waals surface area contributed by atoms with Gasteiger partial charge in [-0.15, -0.1) is 0 Å². The number of halogens is 1. The van der Waals surface area contributed by atoms with Crippen LogP contribution in [-0.4, -0.2) is 30.2 Å². The SMILES string of the molecule is COc1nc(N2CCC(C)C(C)C2)ncc1Br. The van der Waals surface area contributed by atoms with Gasteiger partial charge in [0.25, 0.3) is 0 Å². The molecule has 94 valence electrons. The van der Waals surface area contributed by atoms with Gasteiger partial charge in [0.05, 0.1) is 17.8 Å². The van der Waals surface area contributed by atoms with Gasteiger partial charge in [0.15, 0.2) is 0 Å². The molecule has 0 saturated carbocycles. The minimum Gasteiger partial charge on any atom is -0.480 e. The summed E-state index contributed by atoms with van der Waals surface area (Å²) in [5, 5.41) is 0. The summed E-state index contributed by atoms with van der Waals surface area (Å²) in [7, 11) is 1.62. The molecule has 0 aromatic carbocycles. The van der Waals surface area contributed by atoms with Crippen LogP contribution in [-0.2, 0) is 0 Å². The lowest BCUT2D eigenvalue weighted by molar-refractivity contribution is 0.320. The summed E-state index contributed by atoms with van der Waals surface area (Å²) in [6, 6.07) is 0. The lowest BCUT2D eigenvalue weighted by atomic mass is 9.89. The first-order valence-corrected chi connectivity index (χ1v) is 6.72. The van der Waals surface area contributed by atoms with Crippen molar-refractivity contribution in [1.29, 1.82) is 0 Å². The zero-order chi connectivity index (χ0) is 12.4. The molecule has 1 aliphatic heterocycles. The van der Waals surface area contributed by atoms with Crippen LogP contribution in [0.15, 0.2) is 10.7 Å². The highest BCUT2D eigenvalue weighted by molar-refractivity contribution is 9.10. The average Bonchev–Trinajstić information content (AvgIpc) is 2.33. The molecule has 1 fully saturated rings. The maximum atomic E-state index is 5.20. The molecule has 2 rings (SSSR count). The van der Waals surface area contributed by atoms with Crippen molar-refractivity contribution >= 4 is 21.9 Å². The Morgan fingerprint density at radius 2 is 2.18 bits per heavy atom. The number of piperidine rings is 1. The molecule has 2 atom stereocenters. The van der Waals surface area contributed by atoms with E-state index in [4.69, 9.17) is 4.74 Å². The Bertz CT molecular complexity index is 399. The van der Waals surface area contributed by atoms with Crippen LogP contribution in [0.5, 0.6) is 5.88 Å². The van der Waals surface area contributed by atoms with Crippen LogP contribution in [0.2, 0.25) is 0 Å². The van der Waals surface area contributed by atoms with Crippen LogP contribution in [0.1, 0.15) is 20.3 Å². The van der Waals surface area contributed by atoms with Crippen LogP contribution in [0, 0.1) is 11.8 Å². The van der Waals surface area contributed by atoms with Crippen molar-refractivity contribution < 1.29 is 4.74 Å². The number of hydrogen-bond acceptors (Lipinski definition) is 4. The molecule has 0 bridgehead atoms. The fraction of sp³-hybridized carbons (Fsp3) is 0.667. The van der Waals surface area contributed by atoms with E-state index in [2.05, 4.69) is 44.6 Å². The van der Waals surface area contributed by atoms with Crippen LogP contribution < -0.4 is 9.64 Å². The minimum absolute atomic E-state index is 0.598. The third-order valence-corrected chi connectivity index (χ3v) is 4.05. The van der Waals surface area contributed by atoms with Gasteiger partial charge in [-0.1, -0.05) is 13.8 Å². The number of hydrogen-bond donors (Lipinski definition) is 0. The van der Waals surface area contributed by atoms with Gasteiger partial charge in [-0.05, 0) is 34.2 Å². The molecule has 1 aliphatic rings. The molecule has 0 aliphatic carbocycles. The maximum absolute atomic E-state index is 5.20. The second kappa shape index (κ2) is 5.21. The van der Waals surface area contributed by atoms with Crippen LogP contribution >= 0.6 is 15.9 Å². The van der Waals surface area contributed by atoms with Crippen LogP contribution in [0.3, 0.4) is 0 Å². The van der Waals surface area contributed by atoms with Crippen LogP contribution in [0.25, 0.3) is 0 Å². The highest BCUT2D eigenvalue weighted by Gasteiger charge is 2.24. The average molecular weight is 300 g/mol. The Hall–Kier alpha value is -0.840. The Morgan fingerprint density at radius 3 is 2.82 bits per heavy atom. The van der Waals surface area contributed by atoms with E-state index in [1.165, 1.54) is 6.42 Å². The van der Waals surface area contributed by atoms with Gasteiger partial charge < -0.3 is 9.64 Å². The molecule has 0 spiro atoms. The Balaban J connectivity index is 2.17. The third kappa shape index (κ3) is 2.70. The molecule has 1 aromatic heterocycles. The Kier molecular flexibility index (Phi) is 3.86. The lowest BCUT2D eigenvalue weighted by Crippen LogP contribution is -2.39. The predicted molar refractivity (Wildman–Crippen MR) is 71.4 cm³/mol. The first-order valence-electron chi connectivity index (χ1n) is 5.93. The third-order valence-electron chi connectivity index (χ3n) is 3.51. The molecular formula is C12H18BrN3O. The maximum Gasteiger partial charge on any atom is 0.232 e. The summed E-state index contributed by atoms with van der Waals surface area (Å²) < 4.78 is 5.99. The van der Waals surface area contributed by atoms with Crippen molar-refractivity contribution in [2.45, 2.75) is 20.3 Å². The van der Waals surface area contributed by atoms with E-state index in [0.717, 1.165) is 29.4 Å². The Morgan fingerprint density at radius 1 is 1.41 bits per heavy atom.